The van der Waals surface area contributed by atoms with Gasteiger partial charge in [0.05, 0.1) is 7.11 Å². The van der Waals surface area contributed by atoms with Crippen molar-refractivity contribution in [3.05, 3.63) is 40.3 Å². The number of esters is 2. The molecule has 0 bridgehead atoms. The topological polar surface area (TPSA) is 73.9 Å². The van der Waals surface area contributed by atoms with Gasteiger partial charge in [-0.25, -0.2) is 0 Å². The summed E-state index contributed by atoms with van der Waals surface area (Å²) in [5, 5.41) is 3.89. The van der Waals surface area contributed by atoms with Crippen LogP contribution in [0.5, 0.6) is 5.75 Å². The zero-order chi connectivity index (χ0) is 20.8. The number of carbonyl (C=O) groups excluding carboxylic acids is 2. The lowest BCUT2D eigenvalue weighted by Crippen LogP contribution is -2.41. The van der Waals surface area contributed by atoms with E-state index in [1.807, 2.05) is 0 Å². The molecule has 0 saturated heterocycles. The molecule has 1 aliphatic carbocycles. The first-order valence-corrected chi connectivity index (χ1v) is 10.5. The van der Waals surface area contributed by atoms with Gasteiger partial charge in [0, 0.05) is 36.0 Å². The molecule has 1 heterocycles. The SMILES string of the molecule is COC(=O)[C@H](CC1CCCCC1)NCC1=C(OC(C)=O)Oc2cccc(Cl)c2C1. The van der Waals surface area contributed by atoms with Crippen LogP contribution in [0.25, 0.3) is 0 Å². The van der Waals surface area contributed by atoms with Crippen LogP contribution in [0.15, 0.2) is 29.7 Å². The number of hydrogen-bond acceptors (Lipinski definition) is 6. The summed E-state index contributed by atoms with van der Waals surface area (Å²) in [6.45, 7) is 1.66. The zero-order valence-corrected chi connectivity index (χ0v) is 17.7. The molecule has 1 saturated carbocycles. The molecule has 7 heteroatoms. The average molecular weight is 422 g/mol. The van der Waals surface area contributed by atoms with Gasteiger partial charge in [-0.3, -0.25) is 9.59 Å². The number of halogens is 1. The van der Waals surface area contributed by atoms with Crippen molar-refractivity contribution in [2.24, 2.45) is 5.92 Å². The number of hydrogen-bond donors (Lipinski definition) is 1. The Bertz CT molecular complexity index is 785. The summed E-state index contributed by atoms with van der Waals surface area (Å²) < 4.78 is 16.1. The van der Waals surface area contributed by atoms with E-state index in [9.17, 15) is 9.59 Å². The minimum atomic E-state index is -0.463. The Morgan fingerprint density at radius 1 is 1.28 bits per heavy atom. The Kier molecular flexibility index (Phi) is 7.56. The fourth-order valence-electron chi connectivity index (χ4n) is 4.03. The highest BCUT2D eigenvalue weighted by molar-refractivity contribution is 6.31. The van der Waals surface area contributed by atoms with Gasteiger partial charge in [0.1, 0.15) is 11.8 Å². The molecular formula is C22H28ClNO5. The zero-order valence-electron chi connectivity index (χ0n) is 17.0. The van der Waals surface area contributed by atoms with E-state index in [1.54, 1.807) is 18.2 Å². The van der Waals surface area contributed by atoms with Crippen LogP contribution in [-0.2, 0) is 25.5 Å². The monoisotopic (exact) mass is 421 g/mol. The molecule has 0 radical (unpaired) electrons. The third kappa shape index (κ3) is 5.73. The van der Waals surface area contributed by atoms with Crippen LogP contribution in [0.1, 0.15) is 51.0 Å². The van der Waals surface area contributed by atoms with E-state index in [4.69, 9.17) is 25.8 Å². The van der Waals surface area contributed by atoms with E-state index in [0.29, 0.717) is 29.7 Å². The third-order valence-corrected chi connectivity index (χ3v) is 5.89. The van der Waals surface area contributed by atoms with Crippen LogP contribution in [0.4, 0.5) is 0 Å². The smallest absolute Gasteiger partial charge is 0.322 e. The molecule has 1 fully saturated rings. The van der Waals surface area contributed by atoms with Crippen molar-refractivity contribution in [3.63, 3.8) is 0 Å². The van der Waals surface area contributed by atoms with Gasteiger partial charge in [-0.15, -0.1) is 0 Å². The van der Waals surface area contributed by atoms with Crippen molar-refractivity contribution in [3.8, 4) is 5.75 Å². The highest BCUT2D eigenvalue weighted by Gasteiger charge is 2.28. The second-order valence-corrected chi connectivity index (χ2v) is 8.08. The van der Waals surface area contributed by atoms with Crippen LogP contribution in [0.3, 0.4) is 0 Å². The number of ether oxygens (including phenoxy) is 3. The fourth-order valence-corrected chi connectivity index (χ4v) is 4.26. The number of benzene rings is 1. The van der Waals surface area contributed by atoms with Crippen LogP contribution < -0.4 is 10.1 Å². The van der Waals surface area contributed by atoms with Crippen molar-refractivity contribution >= 4 is 23.5 Å². The molecule has 0 unspecified atom stereocenters. The van der Waals surface area contributed by atoms with Gasteiger partial charge >= 0.3 is 11.9 Å². The number of carbonyl (C=O) groups is 2. The molecule has 1 aromatic rings. The van der Waals surface area contributed by atoms with Crippen molar-refractivity contribution < 1.29 is 23.8 Å². The first-order valence-electron chi connectivity index (χ1n) is 10.1. The van der Waals surface area contributed by atoms with Crippen molar-refractivity contribution in [2.75, 3.05) is 13.7 Å². The van der Waals surface area contributed by atoms with Crippen LogP contribution in [-0.4, -0.2) is 31.6 Å². The number of methoxy groups -OCH3 is 1. The van der Waals surface area contributed by atoms with Gasteiger partial charge in [-0.1, -0.05) is 49.8 Å². The van der Waals surface area contributed by atoms with Crippen LogP contribution in [0, 0.1) is 5.92 Å². The van der Waals surface area contributed by atoms with E-state index in [0.717, 1.165) is 30.4 Å². The summed E-state index contributed by atoms with van der Waals surface area (Å²) >= 11 is 6.32. The molecule has 0 aromatic heterocycles. The van der Waals surface area contributed by atoms with Gasteiger partial charge in [0.2, 0.25) is 0 Å². The maximum Gasteiger partial charge on any atom is 0.322 e. The number of rotatable bonds is 7. The Morgan fingerprint density at radius 3 is 2.72 bits per heavy atom. The summed E-state index contributed by atoms with van der Waals surface area (Å²) in [5.74, 6) is 0.500. The lowest BCUT2D eigenvalue weighted by atomic mass is 9.84. The Morgan fingerprint density at radius 2 is 2.03 bits per heavy atom. The fraction of sp³-hybridized carbons (Fsp3) is 0.545. The van der Waals surface area contributed by atoms with Crippen molar-refractivity contribution in [1.29, 1.82) is 0 Å². The van der Waals surface area contributed by atoms with E-state index in [1.165, 1.54) is 33.3 Å². The molecule has 1 aliphatic heterocycles. The predicted octanol–water partition coefficient (Wildman–Crippen LogP) is 4.15. The quantitative estimate of drug-likeness (QED) is 0.666. The average Bonchev–Trinajstić information content (AvgIpc) is 2.71. The van der Waals surface area contributed by atoms with Gasteiger partial charge in [-0.2, -0.15) is 0 Å². The number of fused-ring (bicyclic) bond motifs is 1. The molecule has 29 heavy (non-hydrogen) atoms. The molecule has 158 valence electrons. The minimum Gasteiger partial charge on any atom is -0.468 e. The molecular weight excluding hydrogens is 394 g/mol. The van der Waals surface area contributed by atoms with E-state index in [-0.39, 0.29) is 11.9 Å². The van der Waals surface area contributed by atoms with E-state index < -0.39 is 12.0 Å². The van der Waals surface area contributed by atoms with E-state index in [2.05, 4.69) is 5.32 Å². The standard InChI is InChI=1S/C22H28ClNO5/c1-14(25)28-22-16(12-17-18(23)9-6-10-20(17)29-22)13-24-19(21(26)27-2)11-15-7-4-3-5-8-15/h6,9-10,15,19,24H,3-5,7-8,11-13H2,1-2H3/t19-/m0/s1. The largest absolute Gasteiger partial charge is 0.468 e. The summed E-state index contributed by atoms with van der Waals surface area (Å²) in [6, 6.07) is 4.95. The van der Waals surface area contributed by atoms with Crippen LogP contribution >= 0.6 is 11.6 Å². The molecule has 0 spiro atoms. The highest BCUT2D eigenvalue weighted by Crippen LogP contribution is 2.35. The second kappa shape index (κ2) is 10.1. The summed E-state index contributed by atoms with van der Waals surface area (Å²) in [5.41, 5.74) is 1.57. The molecule has 3 rings (SSSR count). The van der Waals surface area contributed by atoms with E-state index >= 15 is 0 Å². The van der Waals surface area contributed by atoms with Gasteiger partial charge < -0.3 is 19.5 Å². The van der Waals surface area contributed by atoms with Gasteiger partial charge in [-0.05, 0) is 24.5 Å². The molecule has 2 aliphatic rings. The first-order chi connectivity index (χ1) is 14.0. The highest BCUT2D eigenvalue weighted by atomic mass is 35.5. The molecule has 1 atom stereocenters. The second-order valence-electron chi connectivity index (χ2n) is 7.68. The van der Waals surface area contributed by atoms with Crippen molar-refractivity contribution in [1.82, 2.24) is 5.32 Å². The lowest BCUT2D eigenvalue weighted by Gasteiger charge is -2.27. The Hall–Kier alpha value is -2.05. The van der Waals surface area contributed by atoms with Crippen molar-refractivity contribution in [2.45, 2.75) is 57.9 Å². The molecule has 6 nitrogen and oxygen atoms in total. The summed E-state index contributed by atoms with van der Waals surface area (Å²) in [6.07, 6.45) is 7.18. The maximum absolute atomic E-state index is 12.3. The van der Waals surface area contributed by atoms with Gasteiger partial charge in [0.25, 0.3) is 5.95 Å². The van der Waals surface area contributed by atoms with Gasteiger partial charge in [0.15, 0.2) is 0 Å². The maximum atomic E-state index is 12.3. The molecule has 0 amide bonds. The Balaban J connectivity index is 1.74. The first kappa shape index (κ1) is 21.7. The van der Waals surface area contributed by atoms with Crippen LogP contribution in [0.2, 0.25) is 5.02 Å². The normalized spacial score (nSPS) is 17.9. The predicted molar refractivity (Wildman–Crippen MR) is 110 cm³/mol. The molecule has 1 N–H and O–H groups in total. The number of nitrogens with one attached hydrogen (secondary N) is 1. The minimum absolute atomic E-state index is 0.154. The summed E-state index contributed by atoms with van der Waals surface area (Å²) in [4.78, 5) is 23.9. The summed E-state index contributed by atoms with van der Waals surface area (Å²) in [7, 11) is 1.40. The lowest BCUT2D eigenvalue weighted by molar-refractivity contribution is -0.144. The Labute approximate surface area is 176 Å². The molecule has 1 aromatic carbocycles. The third-order valence-electron chi connectivity index (χ3n) is 5.54.